The number of thiophene rings is 1. The summed E-state index contributed by atoms with van der Waals surface area (Å²) in [6, 6.07) is 9.52. The highest BCUT2D eigenvalue weighted by Crippen LogP contribution is 2.29. The van der Waals surface area contributed by atoms with E-state index in [0.29, 0.717) is 11.4 Å². The Kier molecular flexibility index (Phi) is 4.81. The number of fused-ring (bicyclic) bond motifs is 1. The van der Waals surface area contributed by atoms with E-state index in [4.69, 9.17) is 4.74 Å². The molecule has 1 unspecified atom stereocenters. The third kappa shape index (κ3) is 4.02. The minimum Gasteiger partial charge on any atom is -0.490 e. The number of hydrogen-bond donors (Lipinski definition) is 2. The second-order valence-electron chi connectivity index (χ2n) is 6.81. The molecule has 0 radical (unpaired) electrons. The zero-order valence-electron chi connectivity index (χ0n) is 14.6. The first-order valence-electron chi connectivity index (χ1n) is 8.28. The Morgan fingerprint density at radius 1 is 1.32 bits per heavy atom. The van der Waals surface area contributed by atoms with E-state index in [1.54, 1.807) is 19.9 Å². The Morgan fingerprint density at radius 3 is 2.84 bits per heavy atom. The van der Waals surface area contributed by atoms with Gasteiger partial charge in [-0.25, -0.2) is 0 Å². The summed E-state index contributed by atoms with van der Waals surface area (Å²) in [4.78, 5) is 25.2. The quantitative estimate of drug-likeness (QED) is 0.864. The van der Waals surface area contributed by atoms with Gasteiger partial charge in [-0.1, -0.05) is 18.2 Å². The Labute approximate surface area is 151 Å². The Morgan fingerprint density at radius 2 is 2.12 bits per heavy atom. The first kappa shape index (κ1) is 17.5. The molecule has 2 N–H and O–H groups in total. The molecule has 2 heterocycles. The minimum absolute atomic E-state index is 0.200. The smallest absolute Gasteiger partial charge is 0.262 e. The number of ether oxygens (including phenoxy) is 1. The monoisotopic (exact) mass is 358 g/mol. The van der Waals surface area contributed by atoms with Crippen LogP contribution < -0.4 is 15.4 Å². The molecule has 6 heteroatoms. The molecule has 5 nitrogen and oxygen atoms in total. The molecule has 0 aliphatic carbocycles. The molecule has 0 saturated carbocycles. The van der Waals surface area contributed by atoms with E-state index in [2.05, 4.69) is 16.7 Å². The topological polar surface area (TPSA) is 67.4 Å². The molecule has 1 atom stereocenters. The SMILES string of the molecule is CC1Cc2cc(CNC(=O)C(C)(C)NC(=O)c3cccs3)ccc2O1. The molecule has 25 heavy (non-hydrogen) atoms. The van der Waals surface area contributed by atoms with Crippen LogP contribution in [-0.2, 0) is 17.8 Å². The summed E-state index contributed by atoms with van der Waals surface area (Å²) in [5.41, 5.74) is 1.20. The van der Waals surface area contributed by atoms with Crippen LogP contribution in [0.3, 0.4) is 0 Å². The van der Waals surface area contributed by atoms with Crippen molar-refractivity contribution in [2.75, 3.05) is 0 Å². The number of carbonyl (C=O) groups is 2. The molecule has 1 aromatic heterocycles. The fraction of sp³-hybridized carbons (Fsp3) is 0.368. The number of amides is 2. The standard InChI is InChI=1S/C19H22N2O3S/c1-12-9-14-10-13(6-7-15(14)24-12)11-20-18(23)19(2,3)21-17(22)16-5-4-8-25-16/h4-8,10,12H,9,11H2,1-3H3,(H,20,23)(H,21,22). The molecule has 1 aliphatic heterocycles. The maximum absolute atomic E-state index is 12.5. The van der Waals surface area contributed by atoms with Crippen molar-refractivity contribution in [3.05, 3.63) is 51.7 Å². The van der Waals surface area contributed by atoms with Crippen molar-refractivity contribution in [3.8, 4) is 5.75 Å². The van der Waals surface area contributed by atoms with Gasteiger partial charge in [-0.3, -0.25) is 9.59 Å². The fourth-order valence-corrected chi connectivity index (χ4v) is 3.42. The van der Waals surface area contributed by atoms with E-state index >= 15 is 0 Å². The number of carbonyl (C=O) groups excluding carboxylic acids is 2. The first-order valence-corrected chi connectivity index (χ1v) is 9.16. The average Bonchev–Trinajstić information content (AvgIpc) is 3.20. The van der Waals surface area contributed by atoms with Crippen LogP contribution in [0.25, 0.3) is 0 Å². The van der Waals surface area contributed by atoms with Crippen molar-refractivity contribution in [2.45, 2.75) is 45.4 Å². The zero-order chi connectivity index (χ0) is 18.0. The fourth-order valence-electron chi connectivity index (χ4n) is 2.80. The summed E-state index contributed by atoms with van der Waals surface area (Å²) in [7, 11) is 0. The van der Waals surface area contributed by atoms with Crippen molar-refractivity contribution in [3.63, 3.8) is 0 Å². The van der Waals surface area contributed by atoms with Crippen LogP contribution in [0.2, 0.25) is 0 Å². The van der Waals surface area contributed by atoms with Gasteiger partial charge < -0.3 is 15.4 Å². The highest BCUT2D eigenvalue weighted by atomic mass is 32.1. The number of nitrogens with one attached hydrogen (secondary N) is 2. The summed E-state index contributed by atoms with van der Waals surface area (Å²) in [5, 5.41) is 7.52. The van der Waals surface area contributed by atoms with Gasteiger partial charge in [0.2, 0.25) is 5.91 Å². The highest BCUT2D eigenvalue weighted by Gasteiger charge is 2.30. The summed E-state index contributed by atoms with van der Waals surface area (Å²) < 4.78 is 5.69. The second kappa shape index (κ2) is 6.88. The van der Waals surface area contributed by atoms with Crippen molar-refractivity contribution >= 4 is 23.2 Å². The molecular formula is C19H22N2O3S. The molecule has 1 aliphatic rings. The average molecular weight is 358 g/mol. The molecule has 0 spiro atoms. The summed E-state index contributed by atoms with van der Waals surface area (Å²) in [5.74, 6) is 0.465. The molecule has 0 fully saturated rings. The molecule has 2 aromatic rings. The number of rotatable bonds is 5. The predicted molar refractivity (Wildman–Crippen MR) is 97.9 cm³/mol. The van der Waals surface area contributed by atoms with Gasteiger partial charge in [-0.05, 0) is 49.4 Å². The van der Waals surface area contributed by atoms with E-state index in [1.807, 2.05) is 30.5 Å². The van der Waals surface area contributed by atoms with Crippen molar-refractivity contribution in [2.24, 2.45) is 0 Å². The largest absolute Gasteiger partial charge is 0.490 e. The van der Waals surface area contributed by atoms with Gasteiger partial charge in [0.05, 0.1) is 4.88 Å². The second-order valence-corrected chi connectivity index (χ2v) is 7.76. The molecular weight excluding hydrogens is 336 g/mol. The van der Waals surface area contributed by atoms with Gasteiger partial charge in [0.15, 0.2) is 0 Å². The molecule has 3 rings (SSSR count). The normalized spacial score (nSPS) is 16.0. The van der Waals surface area contributed by atoms with E-state index in [9.17, 15) is 9.59 Å². The Hall–Kier alpha value is -2.34. The number of hydrogen-bond acceptors (Lipinski definition) is 4. The molecule has 1 aromatic carbocycles. The van der Waals surface area contributed by atoms with Crippen LogP contribution >= 0.6 is 11.3 Å². The van der Waals surface area contributed by atoms with Crippen LogP contribution in [0, 0.1) is 0 Å². The highest BCUT2D eigenvalue weighted by molar-refractivity contribution is 7.12. The molecule has 132 valence electrons. The molecule has 0 saturated heterocycles. The predicted octanol–water partition coefficient (Wildman–Crippen LogP) is 2.90. The third-order valence-electron chi connectivity index (χ3n) is 4.15. The first-order chi connectivity index (χ1) is 11.8. The summed E-state index contributed by atoms with van der Waals surface area (Å²) in [6.07, 6.45) is 1.09. The van der Waals surface area contributed by atoms with E-state index in [1.165, 1.54) is 16.9 Å². The maximum Gasteiger partial charge on any atom is 0.262 e. The summed E-state index contributed by atoms with van der Waals surface area (Å²) >= 11 is 1.35. The van der Waals surface area contributed by atoms with Crippen LogP contribution in [-0.4, -0.2) is 23.5 Å². The van der Waals surface area contributed by atoms with Crippen molar-refractivity contribution < 1.29 is 14.3 Å². The lowest BCUT2D eigenvalue weighted by Gasteiger charge is -2.25. The van der Waals surface area contributed by atoms with Gasteiger partial charge in [-0.15, -0.1) is 11.3 Å². The Balaban J connectivity index is 1.58. The molecule has 2 amide bonds. The van der Waals surface area contributed by atoms with Gasteiger partial charge >= 0.3 is 0 Å². The zero-order valence-corrected chi connectivity index (χ0v) is 15.4. The third-order valence-corrected chi connectivity index (χ3v) is 5.02. The van der Waals surface area contributed by atoms with Crippen LogP contribution in [0.5, 0.6) is 5.75 Å². The lowest BCUT2D eigenvalue weighted by Crippen LogP contribution is -2.54. The summed E-state index contributed by atoms with van der Waals surface area (Å²) in [6.45, 7) is 5.86. The lowest BCUT2D eigenvalue weighted by molar-refractivity contribution is -0.126. The van der Waals surface area contributed by atoms with Gasteiger partial charge in [0, 0.05) is 13.0 Å². The van der Waals surface area contributed by atoms with E-state index in [-0.39, 0.29) is 17.9 Å². The van der Waals surface area contributed by atoms with Crippen LogP contribution in [0.1, 0.15) is 41.6 Å². The van der Waals surface area contributed by atoms with Crippen molar-refractivity contribution in [1.82, 2.24) is 10.6 Å². The number of benzene rings is 1. The van der Waals surface area contributed by atoms with E-state index < -0.39 is 5.54 Å². The molecule has 0 bridgehead atoms. The minimum atomic E-state index is -0.991. The van der Waals surface area contributed by atoms with Gasteiger partial charge in [-0.2, -0.15) is 0 Å². The van der Waals surface area contributed by atoms with Crippen LogP contribution in [0.15, 0.2) is 35.7 Å². The van der Waals surface area contributed by atoms with Crippen molar-refractivity contribution in [1.29, 1.82) is 0 Å². The van der Waals surface area contributed by atoms with Gasteiger partial charge in [0.25, 0.3) is 5.91 Å². The maximum atomic E-state index is 12.5. The lowest BCUT2D eigenvalue weighted by atomic mass is 10.0. The van der Waals surface area contributed by atoms with Crippen LogP contribution in [0.4, 0.5) is 0 Å². The van der Waals surface area contributed by atoms with Gasteiger partial charge in [0.1, 0.15) is 17.4 Å². The van der Waals surface area contributed by atoms with E-state index in [0.717, 1.165) is 17.7 Å². The Bertz CT molecular complexity index is 784.